The van der Waals surface area contributed by atoms with Crippen molar-refractivity contribution in [3.63, 3.8) is 0 Å². The number of piperazine rings is 1. The third-order valence-corrected chi connectivity index (χ3v) is 5.11. The van der Waals surface area contributed by atoms with Gasteiger partial charge in [-0.2, -0.15) is 0 Å². The predicted molar refractivity (Wildman–Crippen MR) is 101 cm³/mol. The fourth-order valence-electron chi connectivity index (χ4n) is 3.61. The maximum Gasteiger partial charge on any atom is 0.123 e. The van der Waals surface area contributed by atoms with E-state index in [-0.39, 0.29) is 0 Å². The molecular formula is C20H30N4O. The first-order valence-electron chi connectivity index (χ1n) is 9.29. The summed E-state index contributed by atoms with van der Waals surface area (Å²) in [5.41, 5.74) is 1.32. The summed E-state index contributed by atoms with van der Waals surface area (Å²) in [6.45, 7) is 9.27. The third kappa shape index (κ3) is 4.91. The molecule has 1 fully saturated rings. The minimum Gasteiger partial charge on any atom is -0.383 e. The van der Waals surface area contributed by atoms with E-state index in [9.17, 15) is 0 Å². The van der Waals surface area contributed by atoms with Crippen LogP contribution in [0, 0.1) is 0 Å². The maximum absolute atomic E-state index is 5.25. The lowest BCUT2D eigenvalue weighted by atomic mass is 10.1. The topological polar surface area (TPSA) is 33.5 Å². The quantitative estimate of drug-likeness (QED) is 0.738. The van der Waals surface area contributed by atoms with Crippen molar-refractivity contribution >= 4 is 0 Å². The first kappa shape index (κ1) is 18.1. The Morgan fingerprint density at radius 1 is 1.16 bits per heavy atom. The number of aromatic nitrogens is 2. The minimum atomic E-state index is 0.612. The van der Waals surface area contributed by atoms with Gasteiger partial charge in [-0.1, -0.05) is 37.3 Å². The van der Waals surface area contributed by atoms with Gasteiger partial charge in [-0.25, -0.2) is 4.98 Å². The van der Waals surface area contributed by atoms with Gasteiger partial charge >= 0.3 is 0 Å². The van der Waals surface area contributed by atoms with Crippen molar-refractivity contribution in [2.75, 3.05) is 39.9 Å². The van der Waals surface area contributed by atoms with Crippen LogP contribution in [0.5, 0.6) is 0 Å². The molecule has 5 nitrogen and oxygen atoms in total. The number of benzene rings is 1. The van der Waals surface area contributed by atoms with Crippen molar-refractivity contribution in [1.29, 1.82) is 0 Å². The molecule has 1 aromatic heterocycles. The Morgan fingerprint density at radius 3 is 2.76 bits per heavy atom. The van der Waals surface area contributed by atoms with E-state index in [1.165, 1.54) is 12.0 Å². The van der Waals surface area contributed by atoms with Gasteiger partial charge in [-0.05, 0) is 12.0 Å². The summed E-state index contributed by atoms with van der Waals surface area (Å²) in [6, 6.07) is 11.2. The largest absolute Gasteiger partial charge is 0.383 e. The number of nitrogens with zero attached hydrogens (tertiary/aromatic N) is 4. The van der Waals surface area contributed by atoms with Gasteiger partial charge in [0.05, 0.1) is 13.2 Å². The van der Waals surface area contributed by atoms with Crippen LogP contribution in [-0.2, 0) is 17.8 Å². The van der Waals surface area contributed by atoms with Gasteiger partial charge < -0.3 is 9.30 Å². The average Bonchev–Trinajstić information content (AvgIpc) is 3.08. The van der Waals surface area contributed by atoms with Gasteiger partial charge in [0, 0.05) is 58.3 Å². The lowest BCUT2D eigenvalue weighted by Crippen LogP contribution is -2.53. The van der Waals surface area contributed by atoms with Crippen LogP contribution in [0.1, 0.15) is 24.7 Å². The van der Waals surface area contributed by atoms with E-state index in [2.05, 4.69) is 62.8 Å². The van der Waals surface area contributed by atoms with Crippen molar-refractivity contribution < 1.29 is 4.74 Å². The summed E-state index contributed by atoms with van der Waals surface area (Å²) >= 11 is 0. The molecule has 0 saturated carbocycles. The highest BCUT2D eigenvalue weighted by Crippen LogP contribution is 2.15. The van der Waals surface area contributed by atoms with Gasteiger partial charge in [0.1, 0.15) is 5.82 Å². The number of methoxy groups -OCH3 is 1. The standard InChI is InChI=1S/C20H30N4O/c1-3-19-16-22(11-12-23(19)13-14-25-2)17-20-21-9-10-24(20)15-18-7-5-4-6-8-18/h4-10,19H,3,11-17H2,1-2H3/t19-/m1/s1. The molecule has 1 aromatic carbocycles. The van der Waals surface area contributed by atoms with Crippen molar-refractivity contribution in [2.45, 2.75) is 32.5 Å². The summed E-state index contributed by atoms with van der Waals surface area (Å²) in [7, 11) is 1.78. The zero-order chi connectivity index (χ0) is 17.5. The minimum absolute atomic E-state index is 0.612. The molecular weight excluding hydrogens is 312 g/mol. The van der Waals surface area contributed by atoms with E-state index < -0.39 is 0 Å². The van der Waals surface area contributed by atoms with Crippen molar-refractivity contribution in [3.05, 3.63) is 54.1 Å². The Labute approximate surface area is 151 Å². The van der Waals surface area contributed by atoms with Crippen molar-refractivity contribution in [1.82, 2.24) is 19.4 Å². The van der Waals surface area contributed by atoms with Gasteiger partial charge in [0.15, 0.2) is 0 Å². The smallest absolute Gasteiger partial charge is 0.123 e. The lowest BCUT2D eigenvalue weighted by Gasteiger charge is -2.41. The highest BCUT2D eigenvalue weighted by atomic mass is 16.5. The number of hydrogen-bond acceptors (Lipinski definition) is 4. The second-order valence-corrected chi connectivity index (χ2v) is 6.78. The van der Waals surface area contributed by atoms with E-state index in [0.717, 1.165) is 51.7 Å². The Kier molecular flexibility index (Phi) is 6.62. The summed E-state index contributed by atoms with van der Waals surface area (Å²) in [4.78, 5) is 9.72. The molecule has 1 aliphatic rings. The summed E-state index contributed by atoms with van der Waals surface area (Å²) < 4.78 is 7.52. The molecule has 5 heteroatoms. The highest BCUT2D eigenvalue weighted by Gasteiger charge is 2.26. The molecule has 3 rings (SSSR count). The molecule has 0 N–H and O–H groups in total. The van der Waals surface area contributed by atoms with E-state index in [1.54, 1.807) is 7.11 Å². The average molecular weight is 342 g/mol. The van der Waals surface area contributed by atoms with Gasteiger partial charge in [0.25, 0.3) is 0 Å². The van der Waals surface area contributed by atoms with Crippen LogP contribution in [-0.4, -0.2) is 65.3 Å². The molecule has 0 amide bonds. The maximum atomic E-state index is 5.25. The Hall–Kier alpha value is -1.69. The predicted octanol–water partition coefficient (Wildman–Crippen LogP) is 2.47. The number of ether oxygens (including phenoxy) is 1. The van der Waals surface area contributed by atoms with Crippen LogP contribution in [0.2, 0.25) is 0 Å². The zero-order valence-electron chi connectivity index (χ0n) is 15.5. The summed E-state index contributed by atoms with van der Waals surface area (Å²) in [5, 5.41) is 0. The molecule has 2 heterocycles. The molecule has 0 bridgehead atoms. The van der Waals surface area contributed by atoms with E-state index in [1.807, 2.05) is 6.20 Å². The third-order valence-electron chi connectivity index (χ3n) is 5.11. The molecule has 1 aliphatic heterocycles. The molecule has 1 saturated heterocycles. The fourth-order valence-corrected chi connectivity index (χ4v) is 3.61. The van der Waals surface area contributed by atoms with Crippen LogP contribution < -0.4 is 0 Å². The summed E-state index contributed by atoms with van der Waals surface area (Å²) in [6.07, 6.45) is 5.19. The number of imidazole rings is 1. The summed E-state index contributed by atoms with van der Waals surface area (Å²) in [5.74, 6) is 1.16. The van der Waals surface area contributed by atoms with Crippen LogP contribution in [0.15, 0.2) is 42.7 Å². The van der Waals surface area contributed by atoms with Crippen LogP contribution in [0.4, 0.5) is 0 Å². The van der Waals surface area contributed by atoms with Gasteiger partial charge in [-0.15, -0.1) is 0 Å². The monoisotopic (exact) mass is 342 g/mol. The molecule has 0 unspecified atom stereocenters. The van der Waals surface area contributed by atoms with Crippen molar-refractivity contribution in [2.24, 2.45) is 0 Å². The second kappa shape index (κ2) is 9.13. The van der Waals surface area contributed by atoms with E-state index in [4.69, 9.17) is 4.74 Å². The van der Waals surface area contributed by atoms with E-state index >= 15 is 0 Å². The Balaban J connectivity index is 1.59. The highest BCUT2D eigenvalue weighted by molar-refractivity contribution is 5.15. The molecule has 2 aromatic rings. The molecule has 25 heavy (non-hydrogen) atoms. The number of hydrogen-bond donors (Lipinski definition) is 0. The van der Waals surface area contributed by atoms with Crippen LogP contribution in [0.3, 0.4) is 0 Å². The SMILES string of the molecule is CC[C@@H]1CN(Cc2nccn2Cc2ccccc2)CCN1CCOC. The van der Waals surface area contributed by atoms with E-state index in [0.29, 0.717) is 6.04 Å². The molecule has 0 spiro atoms. The normalized spacial score (nSPS) is 19.4. The fraction of sp³-hybridized carbons (Fsp3) is 0.550. The molecule has 136 valence electrons. The number of rotatable bonds is 8. The molecule has 0 radical (unpaired) electrons. The van der Waals surface area contributed by atoms with Crippen LogP contribution in [0.25, 0.3) is 0 Å². The van der Waals surface area contributed by atoms with Crippen molar-refractivity contribution in [3.8, 4) is 0 Å². The van der Waals surface area contributed by atoms with Gasteiger partial charge in [-0.3, -0.25) is 9.80 Å². The molecule has 1 atom stereocenters. The zero-order valence-corrected chi connectivity index (χ0v) is 15.5. The first-order valence-corrected chi connectivity index (χ1v) is 9.29. The Bertz CT molecular complexity index is 628. The lowest BCUT2D eigenvalue weighted by molar-refractivity contribution is 0.0451. The van der Waals surface area contributed by atoms with Crippen LogP contribution >= 0.6 is 0 Å². The second-order valence-electron chi connectivity index (χ2n) is 6.78. The Morgan fingerprint density at radius 2 is 2.00 bits per heavy atom. The first-order chi connectivity index (χ1) is 12.3. The molecule has 0 aliphatic carbocycles. The van der Waals surface area contributed by atoms with Gasteiger partial charge in [0.2, 0.25) is 0 Å².